The number of hydrogen-bond donors (Lipinski definition) is 2. The van der Waals surface area contributed by atoms with Crippen molar-refractivity contribution >= 4 is 11.4 Å². The summed E-state index contributed by atoms with van der Waals surface area (Å²) in [5, 5.41) is 0. The van der Waals surface area contributed by atoms with Crippen LogP contribution in [0.1, 0.15) is 12.8 Å². The Bertz CT molecular complexity index is 335. The van der Waals surface area contributed by atoms with Crippen LogP contribution < -0.4 is 16.2 Å². The fourth-order valence-electron chi connectivity index (χ4n) is 1.65. The first-order valence-corrected chi connectivity index (χ1v) is 5.15. The zero-order valence-corrected chi connectivity index (χ0v) is 8.61. The molecule has 0 amide bonds. The van der Waals surface area contributed by atoms with Crippen LogP contribution in [0.5, 0.6) is 5.75 Å². The van der Waals surface area contributed by atoms with Crippen molar-refractivity contribution in [3.8, 4) is 5.75 Å². The van der Waals surface area contributed by atoms with Crippen molar-refractivity contribution < 1.29 is 9.47 Å². The summed E-state index contributed by atoms with van der Waals surface area (Å²) in [6.45, 7) is 1.53. The second-order valence-corrected chi connectivity index (χ2v) is 3.73. The Morgan fingerprint density at radius 2 is 1.93 bits per heavy atom. The van der Waals surface area contributed by atoms with Crippen molar-refractivity contribution in [2.24, 2.45) is 0 Å². The molecule has 15 heavy (non-hydrogen) atoms. The summed E-state index contributed by atoms with van der Waals surface area (Å²) in [6.07, 6.45) is 2.05. The maximum Gasteiger partial charge on any atom is 0.142 e. The molecule has 2 rings (SSSR count). The molecule has 4 heteroatoms. The van der Waals surface area contributed by atoms with E-state index in [2.05, 4.69) is 0 Å². The Hall–Kier alpha value is -1.42. The van der Waals surface area contributed by atoms with Gasteiger partial charge in [-0.2, -0.15) is 0 Å². The second-order valence-electron chi connectivity index (χ2n) is 3.73. The van der Waals surface area contributed by atoms with Gasteiger partial charge in [-0.05, 0) is 18.2 Å². The number of rotatable bonds is 2. The first-order valence-electron chi connectivity index (χ1n) is 5.15. The highest BCUT2D eigenvalue weighted by molar-refractivity contribution is 5.60. The summed E-state index contributed by atoms with van der Waals surface area (Å²) in [5.41, 5.74) is 12.7. The SMILES string of the molecule is Nc1ccc(OC2CCOCC2)c(N)c1. The molecule has 1 aliphatic heterocycles. The lowest BCUT2D eigenvalue weighted by molar-refractivity contribution is 0.0259. The van der Waals surface area contributed by atoms with Gasteiger partial charge >= 0.3 is 0 Å². The van der Waals surface area contributed by atoms with E-state index in [-0.39, 0.29) is 6.10 Å². The third-order valence-corrected chi connectivity index (χ3v) is 2.50. The van der Waals surface area contributed by atoms with Crippen LogP contribution in [0, 0.1) is 0 Å². The minimum absolute atomic E-state index is 0.213. The van der Waals surface area contributed by atoms with Crippen molar-refractivity contribution in [1.29, 1.82) is 0 Å². The fraction of sp³-hybridized carbons (Fsp3) is 0.455. The normalized spacial score (nSPS) is 17.6. The number of hydrogen-bond acceptors (Lipinski definition) is 4. The maximum atomic E-state index is 5.80. The fourth-order valence-corrected chi connectivity index (χ4v) is 1.65. The minimum atomic E-state index is 0.213. The van der Waals surface area contributed by atoms with E-state index in [1.807, 2.05) is 6.07 Å². The first-order chi connectivity index (χ1) is 7.25. The van der Waals surface area contributed by atoms with Crippen LogP contribution in [-0.4, -0.2) is 19.3 Å². The van der Waals surface area contributed by atoms with Gasteiger partial charge in [0.25, 0.3) is 0 Å². The molecule has 0 saturated carbocycles. The van der Waals surface area contributed by atoms with Gasteiger partial charge in [-0.15, -0.1) is 0 Å². The predicted molar refractivity (Wildman–Crippen MR) is 59.7 cm³/mol. The van der Waals surface area contributed by atoms with E-state index >= 15 is 0 Å². The maximum absolute atomic E-state index is 5.80. The number of nitrogen functional groups attached to an aromatic ring is 2. The second kappa shape index (κ2) is 4.40. The van der Waals surface area contributed by atoms with Crippen molar-refractivity contribution in [1.82, 2.24) is 0 Å². The minimum Gasteiger partial charge on any atom is -0.488 e. The third-order valence-electron chi connectivity index (χ3n) is 2.50. The molecular formula is C11H16N2O2. The lowest BCUT2D eigenvalue weighted by Crippen LogP contribution is -2.26. The summed E-state index contributed by atoms with van der Waals surface area (Å²) >= 11 is 0. The number of benzene rings is 1. The van der Waals surface area contributed by atoms with Crippen LogP contribution in [0.3, 0.4) is 0 Å². The average molecular weight is 208 g/mol. The Balaban J connectivity index is 2.03. The molecule has 4 nitrogen and oxygen atoms in total. The molecule has 4 N–H and O–H groups in total. The van der Waals surface area contributed by atoms with Crippen LogP contribution in [0.25, 0.3) is 0 Å². The highest BCUT2D eigenvalue weighted by atomic mass is 16.5. The van der Waals surface area contributed by atoms with E-state index in [0.717, 1.165) is 31.8 Å². The Labute approximate surface area is 89.2 Å². The molecular weight excluding hydrogens is 192 g/mol. The summed E-state index contributed by atoms with van der Waals surface area (Å²) in [7, 11) is 0. The molecule has 0 atom stereocenters. The predicted octanol–water partition coefficient (Wildman–Crippen LogP) is 1.41. The zero-order valence-electron chi connectivity index (χ0n) is 8.61. The van der Waals surface area contributed by atoms with Gasteiger partial charge in [0.05, 0.1) is 18.9 Å². The van der Waals surface area contributed by atoms with Crippen LogP contribution in [0.2, 0.25) is 0 Å². The summed E-state index contributed by atoms with van der Waals surface area (Å²) in [4.78, 5) is 0. The van der Waals surface area contributed by atoms with Crippen LogP contribution in [0.15, 0.2) is 18.2 Å². The van der Waals surface area contributed by atoms with Crippen LogP contribution >= 0.6 is 0 Å². The molecule has 1 aliphatic rings. The molecule has 1 saturated heterocycles. The third kappa shape index (κ3) is 2.53. The van der Waals surface area contributed by atoms with Gasteiger partial charge in [-0.3, -0.25) is 0 Å². The van der Waals surface area contributed by atoms with Gasteiger partial charge in [0, 0.05) is 18.5 Å². The van der Waals surface area contributed by atoms with E-state index in [4.69, 9.17) is 20.9 Å². The Kier molecular flexibility index (Phi) is 2.97. The zero-order chi connectivity index (χ0) is 10.7. The molecule has 0 bridgehead atoms. The number of anilines is 2. The standard InChI is InChI=1S/C11H16N2O2/c12-8-1-2-11(10(13)7-8)15-9-3-5-14-6-4-9/h1-2,7,9H,3-6,12-13H2. The Morgan fingerprint density at radius 1 is 1.20 bits per heavy atom. The highest BCUT2D eigenvalue weighted by Crippen LogP contribution is 2.26. The molecule has 82 valence electrons. The molecule has 0 unspecified atom stereocenters. The smallest absolute Gasteiger partial charge is 0.142 e. The molecule has 1 fully saturated rings. The molecule has 0 aliphatic carbocycles. The van der Waals surface area contributed by atoms with Crippen molar-refractivity contribution in [3.05, 3.63) is 18.2 Å². The van der Waals surface area contributed by atoms with E-state index in [1.165, 1.54) is 0 Å². The summed E-state index contributed by atoms with van der Waals surface area (Å²) in [5.74, 6) is 0.719. The number of ether oxygens (including phenoxy) is 2. The van der Waals surface area contributed by atoms with Crippen LogP contribution in [0.4, 0.5) is 11.4 Å². The largest absolute Gasteiger partial charge is 0.488 e. The summed E-state index contributed by atoms with van der Waals surface area (Å²) < 4.78 is 11.0. The van der Waals surface area contributed by atoms with Gasteiger partial charge in [0.2, 0.25) is 0 Å². The van der Waals surface area contributed by atoms with Crippen LogP contribution in [-0.2, 0) is 4.74 Å². The molecule has 0 aromatic heterocycles. The molecule has 0 radical (unpaired) electrons. The highest BCUT2D eigenvalue weighted by Gasteiger charge is 2.16. The first kappa shape index (κ1) is 10.1. The van der Waals surface area contributed by atoms with Crippen molar-refractivity contribution in [3.63, 3.8) is 0 Å². The lowest BCUT2D eigenvalue weighted by atomic mass is 10.1. The van der Waals surface area contributed by atoms with E-state index in [9.17, 15) is 0 Å². The molecule has 0 spiro atoms. The van der Waals surface area contributed by atoms with Gasteiger partial charge in [0.1, 0.15) is 11.9 Å². The van der Waals surface area contributed by atoms with E-state index in [1.54, 1.807) is 12.1 Å². The number of nitrogens with two attached hydrogens (primary N) is 2. The Morgan fingerprint density at radius 3 is 2.60 bits per heavy atom. The summed E-state index contributed by atoms with van der Waals surface area (Å²) in [6, 6.07) is 5.33. The molecule has 1 aromatic carbocycles. The molecule has 1 heterocycles. The van der Waals surface area contributed by atoms with E-state index in [0.29, 0.717) is 11.4 Å². The topological polar surface area (TPSA) is 70.5 Å². The average Bonchev–Trinajstić information content (AvgIpc) is 2.24. The van der Waals surface area contributed by atoms with E-state index < -0.39 is 0 Å². The molecule has 1 aromatic rings. The van der Waals surface area contributed by atoms with Crippen molar-refractivity contribution in [2.75, 3.05) is 24.7 Å². The van der Waals surface area contributed by atoms with Gasteiger partial charge in [0.15, 0.2) is 0 Å². The van der Waals surface area contributed by atoms with Gasteiger partial charge < -0.3 is 20.9 Å². The monoisotopic (exact) mass is 208 g/mol. The quantitative estimate of drug-likeness (QED) is 0.721. The van der Waals surface area contributed by atoms with Gasteiger partial charge in [-0.1, -0.05) is 0 Å². The van der Waals surface area contributed by atoms with Crippen molar-refractivity contribution in [2.45, 2.75) is 18.9 Å². The lowest BCUT2D eigenvalue weighted by Gasteiger charge is -2.24. The van der Waals surface area contributed by atoms with Gasteiger partial charge in [-0.25, -0.2) is 0 Å².